The van der Waals surface area contributed by atoms with E-state index < -0.39 is 78.4 Å². The molecule has 2 fully saturated rings. The third kappa shape index (κ3) is 10.8. The molecule has 59 heavy (non-hydrogen) atoms. The van der Waals surface area contributed by atoms with Gasteiger partial charge in [-0.15, -0.1) is 0 Å². The van der Waals surface area contributed by atoms with Crippen molar-refractivity contribution in [3.63, 3.8) is 0 Å². The molecule has 0 spiro atoms. The van der Waals surface area contributed by atoms with E-state index in [1.807, 2.05) is 6.92 Å². The van der Waals surface area contributed by atoms with Gasteiger partial charge in [0.1, 0.15) is 41.7 Å². The summed E-state index contributed by atoms with van der Waals surface area (Å²) in [6, 6.07) is 14.2. The number of hydrogen-bond donors (Lipinski definition) is 8. The molecule has 3 aliphatic rings. The number of aliphatic hydroxyl groups is 1. The number of rotatable bonds is 15. The van der Waals surface area contributed by atoms with Crippen LogP contribution >= 0.6 is 0 Å². The number of primary amides is 1. The Balaban J connectivity index is 1.21. The van der Waals surface area contributed by atoms with E-state index in [1.54, 1.807) is 66.7 Å². The van der Waals surface area contributed by atoms with E-state index in [0.29, 0.717) is 29.0 Å². The van der Waals surface area contributed by atoms with Crippen LogP contribution in [0.15, 0.2) is 78.9 Å². The topological polar surface area (TPSA) is 259 Å². The molecule has 3 heterocycles. The number of aromatic hydroxyl groups is 1. The van der Waals surface area contributed by atoms with Crippen LogP contribution in [-0.4, -0.2) is 99.5 Å². The minimum Gasteiger partial charge on any atom is -0.508 e. The lowest BCUT2D eigenvalue weighted by Crippen LogP contribution is -2.59. The van der Waals surface area contributed by atoms with Gasteiger partial charge in [-0.05, 0) is 73.2 Å². The average Bonchev–Trinajstić information content (AvgIpc) is 3.87. The van der Waals surface area contributed by atoms with Crippen molar-refractivity contribution in [2.75, 3.05) is 11.9 Å². The molecule has 0 bridgehead atoms. The van der Waals surface area contributed by atoms with Crippen LogP contribution in [0.3, 0.4) is 0 Å². The number of carbonyl (C=O) groups excluding carboxylic acids is 7. The number of nitrogens with two attached hydrogens (primary N) is 1. The Kier molecular flexibility index (Phi) is 13.3. The van der Waals surface area contributed by atoms with Crippen LogP contribution in [0.1, 0.15) is 55.7 Å². The molecule has 0 aromatic heterocycles. The lowest BCUT2D eigenvalue weighted by atomic mass is 10.0. The van der Waals surface area contributed by atoms with Gasteiger partial charge in [-0.2, -0.15) is 0 Å². The standard InChI is InChI=1S/C42H47N7O10/c1-23-18-37(53)59-34-21-26(11-14-28(23)34)44-39(55)30(20-25-9-12-27(50)13-10-25)46-40(56)31(19-24-6-3-2-4-7-24)47-41(57)33-8-5-17-49(33)42(58)32(22-35(43)51)48-38(54)29-15-16-36(52)45-29/h2-4,6-7,9-14,18,21,29-33,37,50,53H,5,8,15-17,19-20,22H2,1H3,(H2,43,51)(H,44,55)(H,45,52)(H,46,56)(H,47,57)(H,48,54)/t29-,30+,31+,32-,33-,37?/m0/s1. The largest absolute Gasteiger partial charge is 0.508 e. The van der Waals surface area contributed by atoms with Crippen LogP contribution in [0, 0.1) is 0 Å². The first-order valence-electron chi connectivity index (χ1n) is 19.3. The fourth-order valence-corrected chi connectivity index (χ4v) is 7.38. The quantitative estimate of drug-likeness (QED) is 0.106. The summed E-state index contributed by atoms with van der Waals surface area (Å²) in [5, 5.41) is 33.4. The fourth-order valence-electron chi connectivity index (χ4n) is 7.38. The number of phenolic OH excluding ortho intramolecular Hbond substituents is 1. The smallest absolute Gasteiger partial charge is 0.247 e. The van der Waals surface area contributed by atoms with Gasteiger partial charge in [-0.1, -0.05) is 42.5 Å². The van der Waals surface area contributed by atoms with Gasteiger partial charge in [0.2, 0.25) is 47.6 Å². The molecular formula is C42H47N7O10. The predicted octanol–water partition coefficient (Wildman–Crippen LogP) is 0.530. The van der Waals surface area contributed by atoms with E-state index in [-0.39, 0.29) is 50.3 Å². The Morgan fingerprint density at radius 2 is 1.54 bits per heavy atom. The highest BCUT2D eigenvalue weighted by Gasteiger charge is 2.40. The number of amides is 7. The van der Waals surface area contributed by atoms with Crippen LogP contribution in [0.5, 0.6) is 11.5 Å². The lowest BCUT2D eigenvalue weighted by molar-refractivity contribution is -0.143. The van der Waals surface area contributed by atoms with Crippen molar-refractivity contribution in [1.29, 1.82) is 0 Å². The third-order valence-electron chi connectivity index (χ3n) is 10.4. The molecule has 2 saturated heterocycles. The van der Waals surface area contributed by atoms with Crippen molar-refractivity contribution in [3.05, 3.63) is 95.6 Å². The van der Waals surface area contributed by atoms with Gasteiger partial charge in [0.15, 0.2) is 0 Å². The molecule has 0 radical (unpaired) electrons. The van der Waals surface area contributed by atoms with Crippen molar-refractivity contribution in [1.82, 2.24) is 26.2 Å². The van der Waals surface area contributed by atoms with Crippen molar-refractivity contribution < 1.29 is 48.5 Å². The molecule has 310 valence electrons. The number of benzene rings is 3. The Hall–Kier alpha value is -6.75. The van der Waals surface area contributed by atoms with Crippen LogP contribution < -0.4 is 37.1 Å². The summed E-state index contributed by atoms with van der Waals surface area (Å²) in [5.41, 5.74) is 8.59. The maximum absolute atomic E-state index is 14.3. The van der Waals surface area contributed by atoms with Gasteiger partial charge >= 0.3 is 0 Å². The summed E-state index contributed by atoms with van der Waals surface area (Å²) in [7, 11) is 0. The summed E-state index contributed by atoms with van der Waals surface area (Å²) in [6.45, 7) is 1.94. The normalized spacial score (nSPS) is 19.8. The van der Waals surface area contributed by atoms with Crippen molar-refractivity contribution in [3.8, 4) is 11.5 Å². The molecule has 6 rings (SSSR count). The molecule has 3 aromatic carbocycles. The lowest BCUT2D eigenvalue weighted by Gasteiger charge is -2.30. The summed E-state index contributed by atoms with van der Waals surface area (Å²) in [4.78, 5) is 94.1. The van der Waals surface area contributed by atoms with Gasteiger partial charge in [0, 0.05) is 43.1 Å². The molecular weight excluding hydrogens is 763 g/mol. The second kappa shape index (κ2) is 18.7. The van der Waals surface area contributed by atoms with Gasteiger partial charge in [-0.3, -0.25) is 33.6 Å². The number of fused-ring (bicyclic) bond motifs is 1. The van der Waals surface area contributed by atoms with Gasteiger partial charge < -0.3 is 52.2 Å². The number of likely N-dealkylation sites (tertiary alicyclic amines) is 1. The maximum atomic E-state index is 14.3. The van der Waals surface area contributed by atoms with Crippen LogP contribution in [-0.2, 0) is 46.4 Å². The summed E-state index contributed by atoms with van der Waals surface area (Å²) < 4.78 is 5.53. The van der Waals surface area contributed by atoms with E-state index in [9.17, 15) is 43.8 Å². The highest BCUT2D eigenvalue weighted by Crippen LogP contribution is 2.33. The van der Waals surface area contributed by atoms with Crippen LogP contribution in [0.2, 0.25) is 0 Å². The van der Waals surface area contributed by atoms with E-state index in [4.69, 9.17) is 10.5 Å². The molecule has 1 unspecified atom stereocenters. The molecule has 3 aliphatic heterocycles. The van der Waals surface area contributed by atoms with E-state index in [2.05, 4.69) is 26.6 Å². The SMILES string of the molecule is CC1=CC(O)Oc2cc(NC(=O)[C@@H](Cc3ccc(O)cc3)NC(=O)[C@@H](Cc3ccccc3)NC(=O)[C@@H]3CCCN3C(=O)[C@H](CC(N)=O)NC(=O)[C@@H]3CCC(=O)N3)ccc21. The molecule has 17 heteroatoms. The number of anilines is 1. The van der Waals surface area contributed by atoms with Crippen molar-refractivity contribution >= 4 is 52.6 Å². The van der Waals surface area contributed by atoms with E-state index in [0.717, 1.165) is 11.1 Å². The van der Waals surface area contributed by atoms with Crippen molar-refractivity contribution in [2.24, 2.45) is 5.73 Å². The second-order valence-electron chi connectivity index (χ2n) is 14.8. The van der Waals surface area contributed by atoms with Crippen LogP contribution in [0.25, 0.3) is 5.57 Å². The summed E-state index contributed by atoms with van der Waals surface area (Å²) in [5.74, 6) is -4.18. The van der Waals surface area contributed by atoms with Gasteiger partial charge in [0.25, 0.3) is 0 Å². The number of nitrogens with one attached hydrogen (secondary N) is 5. The Morgan fingerprint density at radius 1 is 0.864 bits per heavy atom. The van der Waals surface area contributed by atoms with Crippen LogP contribution in [0.4, 0.5) is 5.69 Å². The second-order valence-corrected chi connectivity index (χ2v) is 14.8. The number of allylic oxidation sites excluding steroid dienone is 1. The predicted molar refractivity (Wildman–Crippen MR) is 213 cm³/mol. The van der Waals surface area contributed by atoms with E-state index in [1.165, 1.54) is 17.0 Å². The molecule has 0 saturated carbocycles. The first kappa shape index (κ1) is 41.9. The maximum Gasteiger partial charge on any atom is 0.247 e. The number of hydrogen-bond acceptors (Lipinski definition) is 10. The van der Waals surface area contributed by atoms with Gasteiger partial charge in [-0.25, -0.2) is 0 Å². The third-order valence-corrected chi connectivity index (χ3v) is 10.4. The Morgan fingerprint density at radius 3 is 2.22 bits per heavy atom. The molecule has 6 atom stereocenters. The highest BCUT2D eigenvalue weighted by molar-refractivity contribution is 6.00. The van der Waals surface area contributed by atoms with Gasteiger partial charge in [0.05, 0.1) is 6.42 Å². The monoisotopic (exact) mass is 809 g/mol. The minimum atomic E-state index is -1.40. The first-order valence-corrected chi connectivity index (χ1v) is 19.3. The molecule has 3 aromatic rings. The molecule has 17 nitrogen and oxygen atoms in total. The number of phenols is 1. The zero-order valence-electron chi connectivity index (χ0n) is 32.3. The minimum absolute atomic E-state index is 0.00568. The Bertz CT molecular complexity index is 2130. The zero-order chi connectivity index (χ0) is 42.2. The number of carbonyl (C=O) groups is 7. The van der Waals surface area contributed by atoms with E-state index >= 15 is 0 Å². The Labute approximate surface area is 339 Å². The van der Waals surface area contributed by atoms with Crippen molar-refractivity contribution in [2.45, 2.75) is 88.4 Å². The summed E-state index contributed by atoms with van der Waals surface area (Å²) >= 11 is 0. The summed E-state index contributed by atoms with van der Waals surface area (Å²) in [6.07, 6.45) is 0.827. The number of aliphatic hydroxyl groups excluding tert-OH is 1. The zero-order valence-corrected chi connectivity index (χ0v) is 32.3. The molecule has 0 aliphatic carbocycles. The molecule has 9 N–H and O–H groups in total. The fraction of sp³-hybridized carbons (Fsp3) is 0.357. The molecule has 7 amide bonds. The first-order chi connectivity index (χ1) is 28.2. The average molecular weight is 810 g/mol. The highest BCUT2D eigenvalue weighted by atomic mass is 16.6. The number of nitrogens with zero attached hydrogens (tertiary/aromatic N) is 1. The number of ether oxygens (including phenoxy) is 1.